The first-order chi connectivity index (χ1) is 7.52. The second-order valence-corrected chi connectivity index (χ2v) is 4.44. The van der Waals surface area contributed by atoms with E-state index < -0.39 is 0 Å². The normalized spacial score (nSPS) is 14.8. The van der Waals surface area contributed by atoms with Crippen LogP contribution in [0.4, 0.5) is 0 Å². The molecule has 2 atom stereocenters. The Bertz CT molecular complexity index is 344. The zero-order valence-corrected chi connectivity index (χ0v) is 10.3. The van der Waals surface area contributed by atoms with Crippen LogP contribution in [0.3, 0.4) is 0 Å². The Hall–Kier alpha value is -1.16. The number of nitrogens with zero attached hydrogens (tertiary/aromatic N) is 2. The van der Waals surface area contributed by atoms with Gasteiger partial charge in [0.1, 0.15) is 5.78 Å². The molecule has 16 heavy (non-hydrogen) atoms. The molecule has 0 spiro atoms. The van der Waals surface area contributed by atoms with Crippen molar-refractivity contribution in [3.63, 3.8) is 0 Å². The fraction of sp³-hybridized carbons (Fsp3) is 0.667. The summed E-state index contributed by atoms with van der Waals surface area (Å²) in [6, 6.07) is 2.23. The number of hydrogen-bond acceptors (Lipinski definition) is 3. The second kappa shape index (κ2) is 5.80. The van der Waals surface area contributed by atoms with Gasteiger partial charge in [-0.25, -0.2) is 0 Å². The fourth-order valence-electron chi connectivity index (χ4n) is 1.54. The minimum Gasteiger partial charge on any atom is -0.328 e. The molecule has 4 heteroatoms. The highest BCUT2D eigenvalue weighted by Gasteiger charge is 2.10. The van der Waals surface area contributed by atoms with Crippen LogP contribution >= 0.6 is 0 Å². The van der Waals surface area contributed by atoms with E-state index in [0.29, 0.717) is 18.9 Å². The maximum Gasteiger partial charge on any atom is 0.140 e. The number of hydrogen-bond donors (Lipinski definition) is 1. The lowest BCUT2D eigenvalue weighted by atomic mass is 10.1. The molecule has 2 unspecified atom stereocenters. The number of carbonyl (C=O) groups is 1. The van der Waals surface area contributed by atoms with E-state index in [1.54, 1.807) is 0 Å². The van der Waals surface area contributed by atoms with Gasteiger partial charge in [0.25, 0.3) is 0 Å². The van der Waals surface area contributed by atoms with Crippen LogP contribution in [-0.2, 0) is 11.2 Å². The number of carbonyl (C=O) groups excluding carboxylic acids is 1. The van der Waals surface area contributed by atoms with Crippen molar-refractivity contribution < 1.29 is 4.79 Å². The molecule has 90 valence electrons. The third-order valence-corrected chi connectivity index (χ3v) is 2.63. The van der Waals surface area contributed by atoms with Crippen molar-refractivity contribution in [2.45, 2.75) is 52.1 Å². The summed E-state index contributed by atoms with van der Waals surface area (Å²) in [6.45, 7) is 6.07. The molecule has 0 aromatic carbocycles. The minimum atomic E-state index is -0.0656. The Morgan fingerprint density at radius 2 is 2.25 bits per heavy atom. The Morgan fingerprint density at radius 3 is 2.81 bits per heavy atom. The first kappa shape index (κ1) is 12.9. The molecule has 0 saturated carbocycles. The van der Waals surface area contributed by atoms with Crippen molar-refractivity contribution in [2.24, 2.45) is 5.73 Å². The third kappa shape index (κ3) is 3.77. The lowest BCUT2D eigenvalue weighted by molar-refractivity contribution is -0.118. The van der Waals surface area contributed by atoms with Gasteiger partial charge >= 0.3 is 0 Å². The monoisotopic (exact) mass is 223 g/mol. The molecule has 0 saturated heterocycles. The van der Waals surface area contributed by atoms with Gasteiger partial charge in [-0.05, 0) is 26.3 Å². The predicted molar refractivity (Wildman–Crippen MR) is 64.2 cm³/mol. The van der Waals surface area contributed by atoms with Crippen LogP contribution in [0.5, 0.6) is 0 Å². The standard InChI is InChI=1S/C12H21N3O/c1-4-10(3)15-6-5-11(14-15)8-12(16)7-9(2)13/h5-6,9-10H,4,7-8,13H2,1-3H3. The summed E-state index contributed by atoms with van der Waals surface area (Å²) in [5.41, 5.74) is 6.41. The number of ketones is 1. The van der Waals surface area contributed by atoms with Crippen LogP contribution in [0.2, 0.25) is 0 Å². The third-order valence-electron chi connectivity index (χ3n) is 2.63. The summed E-state index contributed by atoms with van der Waals surface area (Å²) >= 11 is 0. The second-order valence-electron chi connectivity index (χ2n) is 4.44. The highest BCUT2D eigenvalue weighted by atomic mass is 16.1. The highest BCUT2D eigenvalue weighted by Crippen LogP contribution is 2.10. The molecule has 1 heterocycles. The molecule has 0 aliphatic rings. The SMILES string of the molecule is CCC(C)n1ccc(CC(=O)CC(C)N)n1. The van der Waals surface area contributed by atoms with Gasteiger partial charge in [0.05, 0.1) is 12.1 Å². The van der Waals surface area contributed by atoms with Crippen LogP contribution in [0.1, 0.15) is 45.3 Å². The van der Waals surface area contributed by atoms with Crippen molar-refractivity contribution in [2.75, 3.05) is 0 Å². The van der Waals surface area contributed by atoms with Crippen molar-refractivity contribution in [1.29, 1.82) is 0 Å². The molecule has 0 aliphatic heterocycles. The molecule has 1 aromatic rings. The van der Waals surface area contributed by atoms with E-state index in [1.807, 2.05) is 23.9 Å². The summed E-state index contributed by atoms with van der Waals surface area (Å²) in [6.07, 6.45) is 3.79. The van der Waals surface area contributed by atoms with Crippen LogP contribution in [-0.4, -0.2) is 21.6 Å². The van der Waals surface area contributed by atoms with Crippen molar-refractivity contribution in [3.8, 4) is 0 Å². The molecular weight excluding hydrogens is 202 g/mol. The fourth-order valence-corrected chi connectivity index (χ4v) is 1.54. The molecule has 0 amide bonds. The van der Waals surface area contributed by atoms with Crippen LogP contribution in [0, 0.1) is 0 Å². The van der Waals surface area contributed by atoms with E-state index in [0.717, 1.165) is 12.1 Å². The molecule has 4 nitrogen and oxygen atoms in total. The van der Waals surface area contributed by atoms with Crippen molar-refractivity contribution in [3.05, 3.63) is 18.0 Å². The smallest absolute Gasteiger partial charge is 0.140 e. The van der Waals surface area contributed by atoms with Gasteiger partial charge in [-0.3, -0.25) is 9.48 Å². The zero-order chi connectivity index (χ0) is 12.1. The van der Waals surface area contributed by atoms with E-state index in [4.69, 9.17) is 5.73 Å². The van der Waals surface area contributed by atoms with Gasteiger partial charge in [-0.15, -0.1) is 0 Å². The highest BCUT2D eigenvalue weighted by molar-refractivity contribution is 5.80. The van der Waals surface area contributed by atoms with Crippen LogP contribution < -0.4 is 5.73 Å². The number of Topliss-reactive ketones (excluding diaryl/α,β-unsaturated/α-hetero) is 1. The predicted octanol–water partition coefficient (Wildman–Crippen LogP) is 1.70. The van der Waals surface area contributed by atoms with E-state index in [9.17, 15) is 4.79 Å². The zero-order valence-electron chi connectivity index (χ0n) is 10.3. The topological polar surface area (TPSA) is 60.9 Å². The van der Waals surface area contributed by atoms with E-state index in [2.05, 4.69) is 18.9 Å². The van der Waals surface area contributed by atoms with Crippen LogP contribution in [0.15, 0.2) is 12.3 Å². The Balaban J connectivity index is 2.55. The average molecular weight is 223 g/mol. The molecular formula is C12H21N3O. The van der Waals surface area contributed by atoms with Gasteiger partial charge < -0.3 is 5.73 Å². The molecule has 0 aliphatic carbocycles. The summed E-state index contributed by atoms with van der Waals surface area (Å²) in [5, 5.41) is 4.38. The van der Waals surface area contributed by atoms with E-state index in [1.165, 1.54) is 0 Å². The Morgan fingerprint density at radius 1 is 1.56 bits per heavy atom. The average Bonchev–Trinajstić information content (AvgIpc) is 2.63. The van der Waals surface area contributed by atoms with E-state index in [-0.39, 0.29) is 11.8 Å². The van der Waals surface area contributed by atoms with Crippen LogP contribution in [0.25, 0.3) is 0 Å². The first-order valence-electron chi connectivity index (χ1n) is 5.84. The van der Waals surface area contributed by atoms with Gasteiger partial charge in [0.2, 0.25) is 0 Å². The molecule has 0 fully saturated rings. The van der Waals surface area contributed by atoms with Crippen molar-refractivity contribution >= 4 is 5.78 Å². The minimum absolute atomic E-state index is 0.0656. The van der Waals surface area contributed by atoms with Crippen molar-refractivity contribution in [1.82, 2.24) is 9.78 Å². The van der Waals surface area contributed by atoms with Gasteiger partial charge in [0.15, 0.2) is 0 Å². The summed E-state index contributed by atoms with van der Waals surface area (Å²) in [4.78, 5) is 11.5. The van der Waals surface area contributed by atoms with Gasteiger partial charge in [-0.1, -0.05) is 6.92 Å². The molecule has 2 N–H and O–H groups in total. The molecule has 1 rings (SSSR count). The maximum absolute atomic E-state index is 11.5. The van der Waals surface area contributed by atoms with E-state index >= 15 is 0 Å². The molecule has 0 bridgehead atoms. The first-order valence-corrected chi connectivity index (χ1v) is 5.84. The molecule has 0 radical (unpaired) electrons. The maximum atomic E-state index is 11.5. The van der Waals surface area contributed by atoms with Gasteiger partial charge in [0, 0.05) is 24.7 Å². The Labute approximate surface area is 96.8 Å². The summed E-state index contributed by atoms with van der Waals surface area (Å²) in [5.74, 6) is 0.157. The van der Waals surface area contributed by atoms with Gasteiger partial charge in [-0.2, -0.15) is 5.10 Å². The quantitative estimate of drug-likeness (QED) is 0.798. The molecule has 1 aromatic heterocycles. The number of nitrogens with two attached hydrogens (primary N) is 1. The summed E-state index contributed by atoms with van der Waals surface area (Å²) in [7, 11) is 0. The lowest BCUT2D eigenvalue weighted by Gasteiger charge is -2.08. The summed E-state index contributed by atoms with van der Waals surface area (Å²) < 4.78 is 1.91. The largest absolute Gasteiger partial charge is 0.328 e. The lowest BCUT2D eigenvalue weighted by Crippen LogP contribution is -2.20. The number of rotatable bonds is 6. The number of aromatic nitrogens is 2. The Kier molecular flexibility index (Phi) is 4.68.